The van der Waals surface area contributed by atoms with Crippen LogP contribution in [-0.2, 0) is 13.0 Å². The normalized spacial score (nSPS) is 11.2. The van der Waals surface area contributed by atoms with Crippen molar-refractivity contribution in [2.45, 2.75) is 26.8 Å². The van der Waals surface area contributed by atoms with Crippen LogP contribution in [0.5, 0.6) is 11.5 Å². The molecule has 0 bridgehead atoms. The highest BCUT2D eigenvalue weighted by atomic mass is 19.1. The Hall–Kier alpha value is -2.76. The first-order valence-corrected chi connectivity index (χ1v) is 9.05. The molecule has 0 amide bonds. The number of nitrogens with one attached hydrogen (secondary N) is 2. The number of rotatable bonds is 8. The van der Waals surface area contributed by atoms with E-state index in [1.807, 2.05) is 31.2 Å². The second kappa shape index (κ2) is 10.4. The van der Waals surface area contributed by atoms with Crippen molar-refractivity contribution in [1.82, 2.24) is 10.6 Å². The van der Waals surface area contributed by atoms with Crippen LogP contribution in [0.25, 0.3) is 0 Å². The molecule has 2 rings (SSSR count). The number of methoxy groups -OCH3 is 2. The van der Waals surface area contributed by atoms with Crippen LogP contribution in [0.4, 0.5) is 4.39 Å². The van der Waals surface area contributed by atoms with Crippen molar-refractivity contribution in [1.29, 1.82) is 0 Å². The van der Waals surface area contributed by atoms with E-state index in [1.165, 1.54) is 6.07 Å². The summed E-state index contributed by atoms with van der Waals surface area (Å²) in [5.41, 5.74) is 2.62. The summed E-state index contributed by atoms with van der Waals surface area (Å²) < 4.78 is 24.3. The molecule has 0 aliphatic carbocycles. The number of ether oxygens (including phenoxy) is 2. The fourth-order valence-corrected chi connectivity index (χ4v) is 2.61. The molecule has 0 radical (unpaired) electrons. The molecule has 6 heteroatoms. The van der Waals surface area contributed by atoms with Crippen LogP contribution >= 0.6 is 0 Å². The minimum Gasteiger partial charge on any atom is -0.493 e. The number of benzene rings is 2. The van der Waals surface area contributed by atoms with Gasteiger partial charge in [-0.2, -0.15) is 0 Å². The summed E-state index contributed by atoms with van der Waals surface area (Å²) in [5.74, 6) is 1.94. The van der Waals surface area contributed by atoms with Crippen molar-refractivity contribution in [3.63, 3.8) is 0 Å². The van der Waals surface area contributed by atoms with Gasteiger partial charge < -0.3 is 20.1 Å². The molecule has 0 spiro atoms. The molecule has 27 heavy (non-hydrogen) atoms. The molecule has 0 aliphatic rings. The molecule has 2 aromatic carbocycles. The Morgan fingerprint density at radius 3 is 2.41 bits per heavy atom. The lowest BCUT2D eigenvalue weighted by molar-refractivity contribution is 0.354. The minimum atomic E-state index is -0.200. The van der Waals surface area contributed by atoms with E-state index >= 15 is 0 Å². The van der Waals surface area contributed by atoms with Gasteiger partial charge in [-0.25, -0.2) is 9.38 Å². The average molecular weight is 373 g/mol. The second-order valence-corrected chi connectivity index (χ2v) is 6.14. The van der Waals surface area contributed by atoms with E-state index in [4.69, 9.17) is 9.47 Å². The summed E-state index contributed by atoms with van der Waals surface area (Å²) in [7, 11) is 3.25. The van der Waals surface area contributed by atoms with Crippen molar-refractivity contribution in [2.24, 2.45) is 4.99 Å². The molecule has 0 saturated heterocycles. The first-order valence-electron chi connectivity index (χ1n) is 9.05. The summed E-state index contributed by atoms with van der Waals surface area (Å²) in [6, 6.07) is 11.1. The van der Waals surface area contributed by atoms with Crippen molar-refractivity contribution in [2.75, 3.05) is 27.3 Å². The lowest BCUT2D eigenvalue weighted by Crippen LogP contribution is -2.38. The second-order valence-electron chi connectivity index (χ2n) is 6.14. The maximum absolute atomic E-state index is 13.7. The molecule has 2 N–H and O–H groups in total. The van der Waals surface area contributed by atoms with E-state index in [1.54, 1.807) is 27.2 Å². The fourth-order valence-electron chi connectivity index (χ4n) is 2.61. The Labute approximate surface area is 160 Å². The Bertz CT molecular complexity index is 778. The van der Waals surface area contributed by atoms with Gasteiger partial charge in [0.05, 0.1) is 20.8 Å². The van der Waals surface area contributed by atoms with Crippen LogP contribution in [0, 0.1) is 12.7 Å². The summed E-state index contributed by atoms with van der Waals surface area (Å²) in [4.78, 5) is 4.53. The molecule has 0 unspecified atom stereocenters. The van der Waals surface area contributed by atoms with Crippen LogP contribution in [0.2, 0.25) is 0 Å². The highest BCUT2D eigenvalue weighted by Gasteiger charge is 2.05. The number of aryl methyl sites for hydroxylation is 1. The maximum atomic E-state index is 13.7. The summed E-state index contributed by atoms with van der Waals surface area (Å²) in [6.07, 6.45) is 0.809. The monoisotopic (exact) mass is 373 g/mol. The highest BCUT2D eigenvalue weighted by molar-refractivity contribution is 5.79. The van der Waals surface area contributed by atoms with Gasteiger partial charge in [-0.15, -0.1) is 0 Å². The molecule has 0 saturated carbocycles. The molecule has 0 aromatic heterocycles. The zero-order valence-electron chi connectivity index (χ0n) is 16.4. The quantitative estimate of drug-likeness (QED) is 0.550. The van der Waals surface area contributed by atoms with Gasteiger partial charge in [0.2, 0.25) is 0 Å². The number of guanidine groups is 1. The highest BCUT2D eigenvalue weighted by Crippen LogP contribution is 2.27. The molecular formula is C21H28FN3O2. The van der Waals surface area contributed by atoms with Gasteiger partial charge in [-0.3, -0.25) is 0 Å². The summed E-state index contributed by atoms with van der Waals surface area (Å²) in [6.45, 7) is 5.65. The maximum Gasteiger partial charge on any atom is 0.191 e. The number of nitrogens with zero attached hydrogens (tertiary/aromatic N) is 1. The molecule has 0 heterocycles. The molecule has 0 aliphatic heterocycles. The lowest BCUT2D eigenvalue weighted by atomic mass is 10.1. The first-order chi connectivity index (χ1) is 13.1. The Morgan fingerprint density at radius 1 is 1.00 bits per heavy atom. The number of aliphatic imine (C=N–C) groups is 1. The van der Waals surface area contributed by atoms with Gasteiger partial charge in [-0.1, -0.05) is 18.2 Å². The third-order valence-corrected chi connectivity index (χ3v) is 4.15. The SMILES string of the molecule is CCNC(=NCc1ccc(C)c(F)c1)NCCc1ccc(OC)c(OC)c1. The summed E-state index contributed by atoms with van der Waals surface area (Å²) in [5, 5.41) is 6.51. The van der Waals surface area contributed by atoms with E-state index in [9.17, 15) is 4.39 Å². The van der Waals surface area contributed by atoms with Crippen molar-refractivity contribution in [3.8, 4) is 11.5 Å². The van der Waals surface area contributed by atoms with Crippen molar-refractivity contribution < 1.29 is 13.9 Å². The standard InChI is InChI=1S/C21H28FN3O2/c1-5-23-21(25-14-17-7-6-15(2)18(22)12-17)24-11-10-16-8-9-19(26-3)20(13-16)27-4/h6-9,12-13H,5,10-11,14H2,1-4H3,(H2,23,24,25). The van der Waals surface area contributed by atoms with Crippen LogP contribution < -0.4 is 20.1 Å². The predicted molar refractivity (Wildman–Crippen MR) is 107 cm³/mol. The predicted octanol–water partition coefficient (Wildman–Crippen LogP) is 3.45. The number of hydrogen-bond donors (Lipinski definition) is 2. The van der Waals surface area contributed by atoms with Crippen LogP contribution in [-0.4, -0.2) is 33.3 Å². The molecule has 146 valence electrons. The van der Waals surface area contributed by atoms with E-state index in [0.717, 1.165) is 35.6 Å². The third kappa shape index (κ3) is 6.16. The number of hydrogen-bond acceptors (Lipinski definition) is 3. The van der Waals surface area contributed by atoms with E-state index in [-0.39, 0.29) is 5.82 Å². The number of halogens is 1. The average Bonchev–Trinajstić information content (AvgIpc) is 2.68. The molecule has 5 nitrogen and oxygen atoms in total. The Kier molecular flexibility index (Phi) is 7.92. The minimum absolute atomic E-state index is 0.200. The third-order valence-electron chi connectivity index (χ3n) is 4.15. The van der Waals surface area contributed by atoms with Gasteiger partial charge in [-0.05, 0) is 55.2 Å². The molecule has 2 aromatic rings. The Balaban J connectivity index is 1.94. The van der Waals surface area contributed by atoms with Crippen molar-refractivity contribution >= 4 is 5.96 Å². The zero-order chi connectivity index (χ0) is 19.6. The topological polar surface area (TPSA) is 54.9 Å². The van der Waals surface area contributed by atoms with Gasteiger partial charge >= 0.3 is 0 Å². The van der Waals surface area contributed by atoms with Crippen LogP contribution in [0.1, 0.15) is 23.6 Å². The largest absolute Gasteiger partial charge is 0.493 e. The van der Waals surface area contributed by atoms with Gasteiger partial charge in [0, 0.05) is 13.1 Å². The van der Waals surface area contributed by atoms with Crippen LogP contribution in [0.3, 0.4) is 0 Å². The van der Waals surface area contributed by atoms with Gasteiger partial charge in [0.1, 0.15) is 5.82 Å². The van der Waals surface area contributed by atoms with Crippen LogP contribution in [0.15, 0.2) is 41.4 Å². The van der Waals surface area contributed by atoms with E-state index < -0.39 is 0 Å². The van der Waals surface area contributed by atoms with Crippen molar-refractivity contribution in [3.05, 3.63) is 58.9 Å². The smallest absolute Gasteiger partial charge is 0.191 e. The lowest BCUT2D eigenvalue weighted by Gasteiger charge is -2.13. The van der Waals surface area contributed by atoms with Gasteiger partial charge in [0.15, 0.2) is 17.5 Å². The van der Waals surface area contributed by atoms with E-state index in [2.05, 4.69) is 15.6 Å². The molecule has 0 fully saturated rings. The molecular weight excluding hydrogens is 345 g/mol. The fraction of sp³-hybridized carbons (Fsp3) is 0.381. The first kappa shape index (κ1) is 20.6. The molecule has 0 atom stereocenters. The Morgan fingerprint density at radius 2 is 1.74 bits per heavy atom. The van der Waals surface area contributed by atoms with E-state index in [0.29, 0.717) is 24.6 Å². The van der Waals surface area contributed by atoms with Gasteiger partial charge in [0.25, 0.3) is 0 Å². The summed E-state index contributed by atoms with van der Waals surface area (Å²) >= 11 is 0. The zero-order valence-corrected chi connectivity index (χ0v) is 16.4.